The van der Waals surface area contributed by atoms with Gasteiger partial charge in [0, 0.05) is 10.6 Å². The summed E-state index contributed by atoms with van der Waals surface area (Å²) in [5, 5.41) is 31.2. The van der Waals surface area contributed by atoms with Crippen LogP contribution in [0.3, 0.4) is 0 Å². The molecule has 2 aromatic rings. The summed E-state index contributed by atoms with van der Waals surface area (Å²) in [6.45, 7) is 0.501. The topological polar surface area (TPSA) is 92.6 Å². The summed E-state index contributed by atoms with van der Waals surface area (Å²) in [7, 11) is 0. The van der Waals surface area contributed by atoms with E-state index in [9.17, 15) is 0 Å². The van der Waals surface area contributed by atoms with Crippen molar-refractivity contribution < 1.29 is 4.74 Å². The van der Waals surface area contributed by atoms with Gasteiger partial charge in [0.1, 0.15) is 36.3 Å². The Morgan fingerprint density at radius 2 is 1.77 bits per heavy atom. The monoisotopic (exact) mass is 306 g/mol. The Bertz CT molecular complexity index is 771. The summed E-state index contributed by atoms with van der Waals surface area (Å²) < 4.78 is 5.63. The lowest BCUT2D eigenvalue weighted by Crippen LogP contribution is -2.00. The highest BCUT2D eigenvalue weighted by Gasteiger charge is 2.06. The maximum Gasteiger partial charge on any atom is 0.163 e. The van der Waals surface area contributed by atoms with Crippen LogP contribution >= 0.6 is 11.3 Å². The Hall–Kier alpha value is -3.27. The van der Waals surface area contributed by atoms with Gasteiger partial charge in [-0.05, 0) is 35.7 Å². The molecule has 2 rings (SSSR count). The maximum atomic E-state index is 8.97. The van der Waals surface area contributed by atoms with E-state index in [0.29, 0.717) is 18.0 Å². The minimum Gasteiger partial charge on any atom is -0.488 e. The van der Waals surface area contributed by atoms with Crippen LogP contribution in [-0.4, -0.2) is 0 Å². The maximum absolute atomic E-state index is 8.97. The molecule has 0 aliphatic heterocycles. The molecular formula is C16H10N4OS. The van der Waals surface area contributed by atoms with E-state index < -0.39 is 0 Å². The fourth-order valence-corrected chi connectivity index (χ4v) is 2.23. The molecule has 0 amide bonds. The van der Waals surface area contributed by atoms with Crippen LogP contribution in [0.5, 0.6) is 5.75 Å². The zero-order valence-corrected chi connectivity index (χ0v) is 12.2. The SMILES string of the molecule is N#CC(C#N)=C(C#N)Nc1ccc(OCc2cccs2)cc1. The van der Waals surface area contributed by atoms with Crippen LogP contribution in [0.15, 0.2) is 53.0 Å². The van der Waals surface area contributed by atoms with Crippen LogP contribution in [-0.2, 0) is 6.61 Å². The van der Waals surface area contributed by atoms with Crippen LogP contribution in [0.2, 0.25) is 0 Å². The molecule has 5 nitrogen and oxygen atoms in total. The van der Waals surface area contributed by atoms with Crippen molar-refractivity contribution in [1.29, 1.82) is 15.8 Å². The number of nitrogens with zero attached hydrogens (tertiary/aromatic N) is 3. The Balaban J connectivity index is 2.03. The largest absolute Gasteiger partial charge is 0.488 e. The highest BCUT2D eigenvalue weighted by molar-refractivity contribution is 7.09. The van der Waals surface area contributed by atoms with Crippen molar-refractivity contribution in [1.82, 2.24) is 0 Å². The van der Waals surface area contributed by atoms with Gasteiger partial charge < -0.3 is 10.1 Å². The number of benzene rings is 1. The van der Waals surface area contributed by atoms with Crippen molar-refractivity contribution in [3.05, 3.63) is 57.9 Å². The summed E-state index contributed by atoms with van der Waals surface area (Å²) >= 11 is 1.62. The first kappa shape index (κ1) is 15.1. The molecule has 0 saturated carbocycles. The molecule has 0 saturated heterocycles. The first-order valence-corrected chi connectivity index (χ1v) is 7.11. The van der Waals surface area contributed by atoms with Gasteiger partial charge in [-0.15, -0.1) is 11.3 Å². The summed E-state index contributed by atoms with van der Waals surface area (Å²) in [6, 6.07) is 16.1. The van der Waals surface area contributed by atoms with Crippen LogP contribution < -0.4 is 10.1 Å². The smallest absolute Gasteiger partial charge is 0.163 e. The highest BCUT2D eigenvalue weighted by Crippen LogP contribution is 2.19. The minimum atomic E-state index is -0.250. The van der Waals surface area contributed by atoms with E-state index in [1.807, 2.05) is 17.5 Å². The van der Waals surface area contributed by atoms with E-state index in [0.717, 1.165) is 4.88 Å². The summed E-state index contributed by atoms with van der Waals surface area (Å²) in [4.78, 5) is 1.13. The second-order valence-electron chi connectivity index (χ2n) is 4.10. The first-order valence-electron chi connectivity index (χ1n) is 6.23. The van der Waals surface area contributed by atoms with Crippen LogP contribution in [0.4, 0.5) is 5.69 Å². The third-order valence-corrected chi connectivity index (χ3v) is 3.52. The molecule has 0 unspecified atom stereocenters. The number of nitrogens with one attached hydrogen (secondary N) is 1. The average molecular weight is 306 g/mol. The molecule has 1 aromatic carbocycles. The second kappa shape index (κ2) is 7.50. The Morgan fingerprint density at radius 1 is 1.05 bits per heavy atom. The molecule has 106 valence electrons. The number of anilines is 1. The van der Waals surface area contributed by atoms with Crippen molar-refractivity contribution in [3.8, 4) is 24.0 Å². The van der Waals surface area contributed by atoms with Gasteiger partial charge in [0.15, 0.2) is 5.57 Å². The van der Waals surface area contributed by atoms with Gasteiger partial charge in [0.25, 0.3) is 0 Å². The van der Waals surface area contributed by atoms with Crippen LogP contribution in [0, 0.1) is 34.0 Å². The van der Waals surface area contributed by atoms with Crippen LogP contribution in [0.25, 0.3) is 0 Å². The fraction of sp³-hybridized carbons (Fsp3) is 0.0625. The summed E-state index contributed by atoms with van der Waals surface area (Å²) in [5.74, 6) is 0.697. The van der Waals surface area contributed by atoms with E-state index in [4.69, 9.17) is 20.5 Å². The Morgan fingerprint density at radius 3 is 2.32 bits per heavy atom. The normalized spacial score (nSPS) is 8.95. The van der Waals surface area contributed by atoms with Crippen molar-refractivity contribution in [2.75, 3.05) is 5.32 Å². The molecule has 22 heavy (non-hydrogen) atoms. The van der Waals surface area contributed by atoms with Gasteiger partial charge in [-0.2, -0.15) is 15.8 Å². The molecule has 0 fully saturated rings. The van der Waals surface area contributed by atoms with E-state index in [2.05, 4.69) is 5.32 Å². The summed E-state index contributed by atoms with van der Waals surface area (Å²) in [6.07, 6.45) is 0. The zero-order valence-electron chi connectivity index (χ0n) is 11.4. The van der Waals surface area contributed by atoms with E-state index in [-0.39, 0.29) is 11.3 Å². The lowest BCUT2D eigenvalue weighted by molar-refractivity contribution is 0.310. The molecule has 0 spiro atoms. The quantitative estimate of drug-likeness (QED) is 0.852. The second-order valence-corrected chi connectivity index (χ2v) is 5.14. The summed E-state index contributed by atoms with van der Waals surface area (Å²) in [5.41, 5.74) is 0.279. The number of thiophene rings is 1. The number of hydrogen-bond donors (Lipinski definition) is 1. The van der Waals surface area contributed by atoms with Crippen LogP contribution in [0.1, 0.15) is 4.88 Å². The predicted molar refractivity (Wildman–Crippen MR) is 82.6 cm³/mol. The number of nitriles is 3. The molecule has 6 heteroatoms. The van der Waals surface area contributed by atoms with Gasteiger partial charge in [-0.1, -0.05) is 6.07 Å². The Kier molecular flexibility index (Phi) is 5.15. The fourth-order valence-electron chi connectivity index (χ4n) is 1.61. The molecule has 1 heterocycles. The van der Waals surface area contributed by atoms with Gasteiger partial charge in [0.05, 0.1) is 0 Å². The molecule has 1 N–H and O–H groups in total. The third-order valence-electron chi connectivity index (χ3n) is 2.67. The standard InChI is InChI=1S/C16H10N4OS/c17-8-12(9-18)16(10-19)20-13-3-5-14(6-4-13)21-11-15-2-1-7-22-15/h1-7,20H,11H2. The number of allylic oxidation sites excluding steroid dienone is 2. The molecule has 0 bridgehead atoms. The van der Waals surface area contributed by atoms with Crippen molar-refractivity contribution in [3.63, 3.8) is 0 Å². The molecular weight excluding hydrogens is 296 g/mol. The van der Waals surface area contributed by atoms with Gasteiger partial charge >= 0.3 is 0 Å². The van der Waals surface area contributed by atoms with Gasteiger partial charge in [0.2, 0.25) is 0 Å². The predicted octanol–water partition coefficient (Wildman–Crippen LogP) is 3.56. The van der Waals surface area contributed by atoms with Crippen molar-refractivity contribution >= 4 is 17.0 Å². The van der Waals surface area contributed by atoms with Gasteiger partial charge in [-0.3, -0.25) is 0 Å². The lowest BCUT2D eigenvalue weighted by atomic mass is 10.2. The minimum absolute atomic E-state index is 0.0720. The van der Waals surface area contributed by atoms with Crippen molar-refractivity contribution in [2.45, 2.75) is 6.61 Å². The van der Waals surface area contributed by atoms with E-state index in [1.54, 1.807) is 53.8 Å². The number of rotatable bonds is 5. The average Bonchev–Trinajstić information content (AvgIpc) is 3.07. The molecule has 0 atom stereocenters. The third kappa shape index (κ3) is 3.86. The van der Waals surface area contributed by atoms with Crippen molar-refractivity contribution in [2.24, 2.45) is 0 Å². The Labute approximate surface area is 131 Å². The van der Waals surface area contributed by atoms with E-state index >= 15 is 0 Å². The number of hydrogen-bond acceptors (Lipinski definition) is 6. The van der Waals surface area contributed by atoms with E-state index in [1.165, 1.54) is 0 Å². The lowest BCUT2D eigenvalue weighted by Gasteiger charge is -2.07. The zero-order chi connectivity index (χ0) is 15.8. The molecule has 0 aliphatic carbocycles. The molecule has 0 aliphatic rings. The number of ether oxygens (including phenoxy) is 1. The molecule has 1 aromatic heterocycles. The first-order chi connectivity index (χ1) is 10.8. The highest BCUT2D eigenvalue weighted by atomic mass is 32.1. The van der Waals surface area contributed by atoms with Gasteiger partial charge in [-0.25, -0.2) is 0 Å². The molecule has 0 radical (unpaired) electrons.